The van der Waals surface area contributed by atoms with Crippen LogP contribution < -0.4 is 4.90 Å². The zero-order valence-electron chi connectivity index (χ0n) is 16.1. The predicted octanol–water partition coefficient (Wildman–Crippen LogP) is 3.19. The molecule has 3 rings (SSSR count). The monoisotopic (exact) mass is 352 g/mol. The van der Waals surface area contributed by atoms with Crippen molar-refractivity contribution >= 4 is 11.7 Å². The fourth-order valence-electron chi connectivity index (χ4n) is 3.53. The molecule has 138 valence electrons. The fourth-order valence-corrected chi connectivity index (χ4v) is 3.53. The molecular weight excluding hydrogens is 324 g/mol. The van der Waals surface area contributed by atoms with Crippen LogP contribution in [0.3, 0.4) is 0 Å². The van der Waals surface area contributed by atoms with Gasteiger partial charge >= 0.3 is 0 Å². The fraction of sp³-hybridized carbons (Fsp3) is 0.429. The molecule has 0 radical (unpaired) electrons. The van der Waals surface area contributed by atoms with E-state index in [4.69, 9.17) is 0 Å². The topological polar surface area (TPSA) is 39.7 Å². The first-order chi connectivity index (χ1) is 12.5. The molecule has 1 amide bonds. The molecule has 1 aliphatic rings. The number of carbonyl (C=O) groups excluding carboxylic acids is 1. The van der Waals surface area contributed by atoms with E-state index in [0.29, 0.717) is 0 Å². The molecule has 1 atom stereocenters. The third kappa shape index (κ3) is 4.05. The first-order valence-electron chi connectivity index (χ1n) is 9.13. The molecule has 1 aliphatic heterocycles. The van der Waals surface area contributed by atoms with E-state index in [9.17, 15) is 4.79 Å². The van der Waals surface area contributed by atoms with Crippen LogP contribution in [0.1, 0.15) is 40.4 Å². The summed E-state index contributed by atoms with van der Waals surface area (Å²) >= 11 is 0. The number of rotatable bonds is 5. The van der Waals surface area contributed by atoms with Crippen molar-refractivity contribution in [3.63, 3.8) is 0 Å². The number of carbonyl (C=O) groups is 1. The standard InChI is InChI=1S/C21H28N4O/c1-23(2)15-16-7-9-17(10-8-16)21(26)25-13-5-6-19(25)18-11-12-22-20(14-18)24(3)4/h7-12,14,19H,5-6,13,15H2,1-4H3. The lowest BCUT2D eigenvalue weighted by Crippen LogP contribution is -2.30. The Balaban J connectivity index is 1.79. The molecule has 0 spiro atoms. The van der Waals surface area contributed by atoms with Gasteiger partial charge in [0.25, 0.3) is 5.91 Å². The number of hydrogen-bond donors (Lipinski definition) is 0. The van der Waals surface area contributed by atoms with Crippen molar-refractivity contribution in [2.45, 2.75) is 25.4 Å². The molecule has 0 saturated carbocycles. The molecule has 1 aromatic carbocycles. The average Bonchev–Trinajstić information content (AvgIpc) is 3.11. The Labute approximate surface area is 156 Å². The highest BCUT2D eigenvalue weighted by Gasteiger charge is 2.30. The van der Waals surface area contributed by atoms with Crippen molar-refractivity contribution in [3.8, 4) is 0 Å². The molecule has 1 unspecified atom stereocenters. The molecule has 1 fully saturated rings. The smallest absolute Gasteiger partial charge is 0.254 e. The molecule has 1 aromatic heterocycles. The second-order valence-corrected chi connectivity index (χ2v) is 7.43. The number of nitrogens with zero attached hydrogens (tertiary/aromatic N) is 4. The van der Waals surface area contributed by atoms with E-state index < -0.39 is 0 Å². The normalized spacial score (nSPS) is 17.0. The lowest BCUT2D eigenvalue weighted by Gasteiger charge is -2.26. The van der Waals surface area contributed by atoms with Crippen LogP contribution in [-0.2, 0) is 6.54 Å². The minimum Gasteiger partial charge on any atom is -0.363 e. The third-order valence-corrected chi connectivity index (χ3v) is 4.83. The van der Waals surface area contributed by atoms with Crippen LogP contribution >= 0.6 is 0 Å². The van der Waals surface area contributed by atoms with Gasteiger partial charge < -0.3 is 14.7 Å². The van der Waals surface area contributed by atoms with E-state index in [0.717, 1.165) is 37.3 Å². The van der Waals surface area contributed by atoms with Gasteiger partial charge in [0.2, 0.25) is 0 Å². The van der Waals surface area contributed by atoms with Crippen LogP contribution in [0, 0.1) is 0 Å². The Kier molecular flexibility index (Phi) is 5.57. The van der Waals surface area contributed by atoms with Crippen molar-refractivity contribution in [3.05, 3.63) is 59.3 Å². The summed E-state index contributed by atoms with van der Waals surface area (Å²) in [4.78, 5) is 23.6. The van der Waals surface area contributed by atoms with E-state index >= 15 is 0 Å². The van der Waals surface area contributed by atoms with Gasteiger partial charge in [-0.15, -0.1) is 0 Å². The molecule has 0 aliphatic carbocycles. The largest absolute Gasteiger partial charge is 0.363 e. The summed E-state index contributed by atoms with van der Waals surface area (Å²) in [5.74, 6) is 1.04. The zero-order chi connectivity index (χ0) is 18.7. The Morgan fingerprint density at radius 2 is 1.88 bits per heavy atom. The summed E-state index contributed by atoms with van der Waals surface area (Å²) in [6.45, 7) is 1.69. The van der Waals surface area contributed by atoms with Gasteiger partial charge in [-0.05, 0) is 62.3 Å². The summed E-state index contributed by atoms with van der Waals surface area (Å²) in [6.07, 6.45) is 3.87. The molecule has 0 N–H and O–H groups in total. The average molecular weight is 352 g/mol. The van der Waals surface area contributed by atoms with Gasteiger partial charge in [-0.2, -0.15) is 0 Å². The molecule has 2 heterocycles. The Morgan fingerprint density at radius 3 is 2.54 bits per heavy atom. The van der Waals surface area contributed by atoms with Crippen molar-refractivity contribution in [2.24, 2.45) is 0 Å². The van der Waals surface area contributed by atoms with Gasteiger partial charge in [-0.3, -0.25) is 4.79 Å². The van der Waals surface area contributed by atoms with Crippen LogP contribution in [0.15, 0.2) is 42.6 Å². The van der Waals surface area contributed by atoms with E-state index in [1.807, 2.05) is 62.4 Å². The molecular formula is C21H28N4O. The van der Waals surface area contributed by atoms with E-state index in [1.165, 1.54) is 11.1 Å². The molecule has 0 bridgehead atoms. The number of aromatic nitrogens is 1. The summed E-state index contributed by atoms with van der Waals surface area (Å²) in [7, 11) is 8.06. The van der Waals surface area contributed by atoms with E-state index in [2.05, 4.69) is 28.1 Å². The first-order valence-corrected chi connectivity index (χ1v) is 9.13. The summed E-state index contributed by atoms with van der Waals surface area (Å²) in [6, 6.07) is 12.3. The maximum Gasteiger partial charge on any atom is 0.254 e. The molecule has 26 heavy (non-hydrogen) atoms. The van der Waals surface area contributed by atoms with Crippen molar-refractivity contribution in [1.29, 1.82) is 0 Å². The Morgan fingerprint density at radius 1 is 1.15 bits per heavy atom. The van der Waals surface area contributed by atoms with Gasteiger partial charge in [0.05, 0.1) is 6.04 Å². The Bertz CT molecular complexity index is 755. The summed E-state index contributed by atoms with van der Waals surface area (Å²) in [5.41, 5.74) is 3.15. The number of anilines is 1. The van der Waals surface area contributed by atoms with Crippen molar-refractivity contribution < 1.29 is 4.79 Å². The van der Waals surface area contributed by atoms with Gasteiger partial charge in [-0.25, -0.2) is 4.98 Å². The van der Waals surface area contributed by atoms with Crippen molar-refractivity contribution in [2.75, 3.05) is 39.6 Å². The quantitative estimate of drug-likeness (QED) is 0.829. The van der Waals surface area contributed by atoms with Gasteiger partial charge in [-0.1, -0.05) is 12.1 Å². The SMILES string of the molecule is CN(C)Cc1ccc(C(=O)N2CCCC2c2ccnc(N(C)C)c2)cc1. The van der Waals surface area contributed by atoms with Crippen LogP contribution in [0.5, 0.6) is 0 Å². The highest BCUT2D eigenvalue weighted by molar-refractivity contribution is 5.94. The van der Waals surface area contributed by atoms with Gasteiger partial charge in [0.15, 0.2) is 0 Å². The highest BCUT2D eigenvalue weighted by atomic mass is 16.2. The van der Waals surface area contributed by atoms with E-state index in [1.54, 1.807) is 0 Å². The molecule has 1 saturated heterocycles. The second-order valence-electron chi connectivity index (χ2n) is 7.43. The third-order valence-electron chi connectivity index (χ3n) is 4.83. The van der Waals surface area contributed by atoms with Crippen LogP contribution in [-0.4, -0.2) is 55.4 Å². The number of benzene rings is 1. The molecule has 5 nitrogen and oxygen atoms in total. The molecule has 5 heteroatoms. The number of pyridine rings is 1. The lowest BCUT2D eigenvalue weighted by molar-refractivity contribution is 0.0735. The number of likely N-dealkylation sites (tertiary alicyclic amines) is 1. The summed E-state index contributed by atoms with van der Waals surface area (Å²) in [5, 5.41) is 0. The first kappa shape index (κ1) is 18.4. The van der Waals surface area contributed by atoms with E-state index in [-0.39, 0.29) is 11.9 Å². The maximum absolute atomic E-state index is 13.1. The lowest BCUT2D eigenvalue weighted by atomic mass is 10.0. The van der Waals surface area contributed by atoms with Crippen molar-refractivity contribution in [1.82, 2.24) is 14.8 Å². The molecule has 2 aromatic rings. The maximum atomic E-state index is 13.1. The Hall–Kier alpha value is -2.40. The predicted molar refractivity (Wildman–Crippen MR) is 105 cm³/mol. The zero-order valence-corrected chi connectivity index (χ0v) is 16.1. The summed E-state index contributed by atoms with van der Waals surface area (Å²) < 4.78 is 0. The number of hydrogen-bond acceptors (Lipinski definition) is 4. The van der Waals surface area contributed by atoms with Gasteiger partial charge in [0, 0.05) is 38.9 Å². The number of amides is 1. The van der Waals surface area contributed by atoms with Crippen LogP contribution in [0.2, 0.25) is 0 Å². The highest BCUT2D eigenvalue weighted by Crippen LogP contribution is 2.34. The van der Waals surface area contributed by atoms with Crippen LogP contribution in [0.4, 0.5) is 5.82 Å². The van der Waals surface area contributed by atoms with Gasteiger partial charge in [0.1, 0.15) is 5.82 Å². The van der Waals surface area contributed by atoms with Crippen LogP contribution in [0.25, 0.3) is 0 Å². The minimum absolute atomic E-state index is 0.118. The minimum atomic E-state index is 0.118. The second kappa shape index (κ2) is 7.87.